The molecule has 0 fully saturated rings. The average molecular weight is 278 g/mol. The lowest BCUT2D eigenvalue weighted by molar-refractivity contribution is 0.0692. The van der Waals surface area contributed by atoms with Crippen LogP contribution in [0.4, 0.5) is 4.39 Å². The molecule has 1 aromatic rings. The zero-order chi connectivity index (χ0) is 13.4. The lowest BCUT2D eigenvalue weighted by atomic mass is 9.82. The molecule has 0 radical (unpaired) electrons. The molecule has 1 aromatic carbocycles. The molecular formula is C12H17ClFNO3. The molecule has 1 rings (SSSR count). The second-order valence-corrected chi connectivity index (χ2v) is 5.04. The van der Waals surface area contributed by atoms with Crippen LogP contribution in [0.15, 0.2) is 12.1 Å². The van der Waals surface area contributed by atoms with Gasteiger partial charge in [-0.05, 0) is 17.5 Å². The van der Waals surface area contributed by atoms with Gasteiger partial charge in [0.25, 0.3) is 0 Å². The maximum Gasteiger partial charge on any atom is 0.339 e. The molecule has 18 heavy (non-hydrogen) atoms. The maximum absolute atomic E-state index is 13.3. The summed E-state index contributed by atoms with van der Waals surface area (Å²) < 4.78 is 13.3. The van der Waals surface area contributed by atoms with Gasteiger partial charge in [-0.2, -0.15) is 0 Å². The van der Waals surface area contributed by atoms with Gasteiger partial charge in [0.15, 0.2) is 0 Å². The van der Waals surface area contributed by atoms with Crippen LogP contribution < -0.4 is 5.73 Å². The molecule has 6 heteroatoms. The van der Waals surface area contributed by atoms with Crippen LogP contribution in [-0.2, 0) is 0 Å². The molecular weight excluding hydrogens is 261 g/mol. The Labute approximate surface area is 111 Å². The Balaban J connectivity index is 0.00000289. The molecule has 0 aromatic heterocycles. The number of rotatable bonds is 2. The highest BCUT2D eigenvalue weighted by Crippen LogP contribution is 2.37. The zero-order valence-corrected chi connectivity index (χ0v) is 11.2. The Bertz CT molecular complexity index is 457. The van der Waals surface area contributed by atoms with Gasteiger partial charge in [-0.3, -0.25) is 0 Å². The van der Waals surface area contributed by atoms with Gasteiger partial charge in [-0.25, -0.2) is 9.18 Å². The average Bonchev–Trinajstić information content (AvgIpc) is 2.18. The number of carboxylic acids is 1. The van der Waals surface area contributed by atoms with Crippen LogP contribution in [0, 0.1) is 11.2 Å². The van der Waals surface area contributed by atoms with Crippen LogP contribution in [0.2, 0.25) is 0 Å². The van der Waals surface area contributed by atoms with Crippen LogP contribution in [0.1, 0.15) is 42.7 Å². The summed E-state index contributed by atoms with van der Waals surface area (Å²) in [5.74, 6) is -2.58. The van der Waals surface area contributed by atoms with Crippen LogP contribution >= 0.6 is 12.4 Å². The zero-order valence-electron chi connectivity index (χ0n) is 10.4. The van der Waals surface area contributed by atoms with Gasteiger partial charge in [0.2, 0.25) is 0 Å². The van der Waals surface area contributed by atoms with Crippen molar-refractivity contribution in [1.29, 1.82) is 0 Å². The number of aromatic carboxylic acids is 1. The number of aromatic hydroxyl groups is 1. The minimum Gasteiger partial charge on any atom is -0.507 e. The summed E-state index contributed by atoms with van der Waals surface area (Å²) in [5.41, 5.74) is 5.11. The normalized spacial score (nSPS) is 12.7. The first-order valence-electron chi connectivity index (χ1n) is 5.16. The van der Waals surface area contributed by atoms with Gasteiger partial charge in [-0.1, -0.05) is 20.8 Å². The molecule has 0 heterocycles. The molecule has 0 saturated carbocycles. The predicted molar refractivity (Wildman–Crippen MR) is 68.7 cm³/mol. The van der Waals surface area contributed by atoms with E-state index in [0.717, 1.165) is 12.1 Å². The van der Waals surface area contributed by atoms with Crippen molar-refractivity contribution in [3.63, 3.8) is 0 Å². The molecule has 0 aliphatic heterocycles. The fraction of sp³-hybridized carbons (Fsp3) is 0.417. The van der Waals surface area contributed by atoms with E-state index in [0.29, 0.717) is 0 Å². The van der Waals surface area contributed by atoms with E-state index < -0.39 is 34.6 Å². The number of phenols is 1. The number of halogens is 2. The fourth-order valence-corrected chi connectivity index (χ4v) is 1.49. The van der Waals surface area contributed by atoms with Gasteiger partial charge in [0, 0.05) is 11.6 Å². The summed E-state index contributed by atoms with van der Waals surface area (Å²) in [4.78, 5) is 10.8. The Morgan fingerprint density at radius 3 is 2.28 bits per heavy atom. The van der Waals surface area contributed by atoms with Crippen molar-refractivity contribution in [3.05, 3.63) is 29.1 Å². The smallest absolute Gasteiger partial charge is 0.339 e. The number of carbonyl (C=O) groups is 1. The van der Waals surface area contributed by atoms with Crippen LogP contribution in [0.5, 0.6) is 5.75 Å². The largest absolute Gasteiger partial charge is 0.507 e. The first-order valence-corrected chi connectivity index (χ1v) is 5.16. The van der Waals surface area contributed by atoms with Crippen molar-refractivity contribution in [2.45, 2.75) is 26.8 Å². The van der Waals surface area contributed by atoms with Crippen LogP contribution in [0.3, 0.4) is 0 Å². The molecule has 4 N–H and O–H groups in total. The van der Waals surface area contributed by atoms with Crippen molar-refractivity contribution < 1.29 is 19.4 Å². The number of hydrogen-bond donors (Lipinski definition) is 3. The topological polar surface area (TPSA) is 83.6 Å². The Hall–Kier alpha value is -1.33. The number of hydrogen-bond acceptors (Lipinski definition) is 3. The third-order valence-electron chi connectivity index (χ3n) is 2.60. The van der Waals surface area contributed by atoms with Gasteiger partial charge in [0.05, 0.1) is 0 Å². The third kappa shape index (κ3) is 3.34. The Kier molecular flexibility index (Phi) is 5.13. The van der Waals surface area contributed by atoms with Crippen molar-refractivity contribution in [3.8, 4) is 5.75 Å². The van der Waals surface area contributed by atoms with E-state index in [2.05, 4.69) is 0 Å². The SMILES string of the molecule is CC(C)(C)[C@@H](N)c1cc(F)cc(C(=O)O)c1O.Cl. The molecule has 0 spiro atoms. The van der Waals surface area contributed by atoms with E-state index in [-0.39, 0.29) is 18.0 Å². The molecule has 0 amide bonds. The van der Waals surface area contributed by atoms with Crippen molar-refractivity contribution in [2.75, 3.05) is 0 Å². The highest BCUT2D eigenvalue weighted by Gasteiger charge is 2.27. The second kappa shape index (κ2) is 5.54. The van der Waals surface area contributed by atoms with E-state index in [1.165, 1.54) is 0 Å². The summed E-state index contributed by atoms with van der Waals surface area (Å²) in [7, 11) is 0. The molecule has 0 saturated heterocycles. The Morgan fingerprint density at radius 2 is 1.89 bits per heavy atom. The van der Waals surface area contributed by atoms with E-state index in [1.807, 2.05) is 20.8 Å². The summed E-state index contributed by atoms with van der Waals surface area (Å²) in [5, 5.41) is 18.6. The van der Waals surface area contributed by atoms with Crippen molar-refractivity contribution in [2.24, 2.45) is 11.1 Å². The first kappa shape index (κ1) is 16.7. The number of carboxylic acid groups (broad SMARTS) is 1. The maximum atomic E-state index is 13.3. The quantitative estimate of drug-likeness (QED) is 0.776. The Morgan fingerprint density at radius 1 is 1.39 bits per heavy atom. The summed E-state index contributed by atoms with van der Waals surface area (Å²) in [6, 6.07) is 1.19. The van der Waals surface area contributed by atoms with Crippen molar-refractivity contribution >= 4 is 18.4 Å². The molecule has 0 aliphatic carbocycles. The number of benzene rings is 1. The molecule has 4 nitrogen and oxygen atoms in total. The number of nitrogens with two attached hydrogens (primary N) is 1. The minimum absolute atomic E-state index is 0. The van der Waals surface area contributed by atoms with Crippen LogP contribution in [-0.4, -0.2) is 16.2 Å². The summed E-state index contributed by atoms with van der Waals surface area (Å²) in [6.45, 7) is 5.47. The molecule has 1 atom stereocenters. The first-order chi connectivity index (χ1) is 7.64. The van der Waals surface area contributed by atoms with E-state index >= 15 is 0 Å². The lowest BCUT2D eigenvalue weighted by Gasteiger charge is -2.28. The lowest BCUT2D eigenvalue weighted by Crippen LogP contribution is -2.26. The monoisotopic (exact) mass is 277 g/mol. The predicted octanol–water partition coefficient (Wildman–Crippen LogP) is 2.70. The highest BCUT2D eigenvalue weighted by atomic mass is 35.5. The molecule has 102 valence electrons. The molecule has 0 aliphatic rings. The van der Waals surface area contributed by atoms with Crippen LogP contribution in [0.25, 0.3) is 0 Å². The molecule has 0 bridgehead atoms. The van der Waals surface area contributed by atoms with E-state index in [1.54, 1.807) is 0 Å². The summed E-state index contributed by atoms with van der Waals surface area (Å²) >= 11 is 0. The van der Waals surface area contributed by atoms with Gasteiger partial charge < -0.3 is 15.9 Å². The molecule has 0 unspecified atom stereocenters. The van der Waals surface area contributed by atoms with E-state index in [4.69, 9.17) is 10.8 Å². The summed E-state index contributed by atoms with van der Waals surface area (Å²) in [6.07, 6.45) is 0. The van der Waals surface area contributed by atoms with E-state index in [9.17, 15) is 14.3 Å². The fourth-order valence-electron chi connectivity index (χ4n) is 1.49. The van der Waals surface area contributed by atoms with Gasteiger partial charge in [-0.15, -0.1) is 12.4 Å². The third-order valence-corrected chi connectivity index (χ3v) is 2.60. The van der Waals surface area contributed by atoms with Gasteiger partial charge >= 0.3 is 5.97 Å². The minimum atomic E-state index is -1.38. The standard InChI is InChI=1S/C12H16FNO3.ClH/c1-12(2,3)10(14)7-4-6(13)5-8(9(7)15)11(16)17;/h4-5,10,15H,14H2,1-3H3,(H,16,17);1H/t10-;/m0./s1. The van der Waals surface area contributed by atoms with Gasteiger partial charge in [0.1, 0.15) is 17.1 Å². The van der Waals surface area contributed by atoms with Crippen molar-refractivity contribution in [1.82, 2.24) is 0 Å². The highest BCUT2D eigenvalue weighted by molar-refractivity contribution is 5.91. The second-order valence-electron chi connectivity index (χ2n) is 5.04.